The van der Waals surface area contributed by atoms with Crippen LogP contribution in [0, 0.1) is 0 Å². The molecule has 1 aromatic heterocycles. The van der Waals surface area contributed by atoms with Crippen molar-refractivity contribution in [3.8, 4) is 11.4 Å². The van der Waals surface area contributed by atoms with Gasteiger partial charge in [0.25, 0.3) is 0 Å². The zero-order valence-corrected chi connectivity index (χ0v) is 13.6. The van der Waals surface area contributed by atoms with Crippen LogP contribution in [0.5, 0.6) is 0 Å². The maximum Gasteiger partial charge on any atom is 0.321 e. The van der Waals surface area contributed by atoms with Crippen molar-refractivity contribution in [1.82, 2.24) is 15.0 Å². The number of anilines is 1. The molecule has 6 nitrogen and oxygen atoms in total. The maximum atomic E-state index is 11.7. The van der Waals surface area contributed by atoms with Gasteiger partial charge in [-0.2, -0.15) is 4.98 Å². The fourth-order valence-electron chi connectivity index (χ4n) is 2.84. The van der Waals surface area contributed by atoms with E-state index in [4.69, 9.17) is 4.52 Å². The van der Waals surface area contributed by atoms with Gasteiger partial charge in [0.15, 0.2) is 0 Å². The molecule has 0 saturated heterocycles. The number of carbonyl (C=O) groups excluding carboxylic acids is 1. The van der Waals surface area contributed by atoms with E-state index in [0.29, 0.717) is 17.4 Å². The fraction of sp³-hybridized carbons (Fsp3) is 0.471. The monoisotopic (exact) mass is 314 g/mol. The highest BCUT2D eigenvalue weighted by molar-refractivity contribution is 5.89. The van der Waals surface area contributed by atoms with Crippen molar-refractivity contribution in [3.05, 3.63) is 30.2 Å². The zero-order chi connectivity index (χ0) is 16.2. The van der Waals surface area contributed by atoms with Crippen LogP contribution in [-0.4, -0.2) is 35.2 Å². The van der Waals surface area contributed by atoms with Crippen LogP contribution in [0.15, 0.2) is 28.8 Å². The van der Waals surface area contributed by atoms with Crippen molar-refractivity contribution in [2.24, 2.45) is 0 Å². The Bertz CT molecular complexity index is 675. The van der Waals surface area contributed by atoms with Crippen LogP contribution in [0.1, 0.15) is 43.9 Å². The van der Waals surface area contributed by atoms with Crippen LogP contribution in [0.2, 0.25) is 0 Å². The van der Waals surface area contributed by atoms with Crippen molar-refractivity contribution in [2.45, 2.75) is 38.0 Å². The van der Waals surface area contributed by atoms with Gasteiger partial charge in [0.05, 0.1) is 0 Å². The summed E-state index contributed by atoms with van der Waals surface area (Å²) < 4.78 is 5.46. The van der Waals surface area contributed by atoms with Crippen LogP contribution in [0.25, 0.3) is 11.4 Å². The Kier molecular flexibility index (Phi) is 4.60. The van der Waals surface area contributed by atoms with Gasteiger partial charge < -0.3 is 14.7 Å². The van der Waals surface area contributed by atoms with Crippen LogP contribution < -0.4 is 5.32 Å². The predicted molar refractivity (Wildman–Crippen MR) is 88.3 cm³/mol. The topological polar surface area (TPSA) is 71.3 Å². The largest absolute Gasteiger partial charge is 0.339 e. The van der Waals surface area contributed by atoms with Crippen LogP contribution >= 0.6 is 0 Å². The molecule has 6 heteroatoms. The molecule has 0 radical (unpaired) electrons. The summed E-state index contributed by atoms with van der Waals surface area (Å²) in [5, 5.41) is 6.93. The predicted octanol–water partition coefficient (Wildman–Crippen LogP) is 3.88. The number of benzene rings is 1. The third kappa shape index (κ3) is 3.70. The second-order valence-corrected chi connectivity index (χ2v) is 6.20. The zero-order valence-electron chi connectivity index (χ0n) is 13.6. The first kappa shape index (κ1) is 15.5. The summed E-state index contributed by atoms with van der Waals surface area (Å²) >= 11 is 0. The number of nitrogens with one attached hydrogen (secondary N) is 1. The average Bonchev–Trinajstić information content (AvgIpc) is 3.06. The summed E-state index contributed by atoms with van der Waals surface area (Å²) in [6, 6.07) is 7.32. The van der Waals surface area contributed by atoms with E-state index < -0.39 is 0 Å². The maximum absolute atomic E-state index is 11.7. The Morgan fingerprint density at radius 3 is 2.78 bits per heavy atom. The Morgan fingerprint density at radius 1 is 1.26 bits per heavy atom. The van der Waals surface area contributed by atoms with Gasteiger partial charge in [0.1, 0.15) is 0 Å². The lowest BCUT2D eigenvalue weighted by atomic mass is 9.89. The molecule has 0 bridgehead atoms. The molecule has 0 spiro atoms. The van der Waals surface area contributed by atoms with Crippen molar-refractivity contribution in [3.63, 3.8) is 0 Å². The molecule has 122 valence electrons. The molecule has 2 aromatic rings. The SMILES string of the molecule is CN(C)C(=O)Nc1cccc(-c2noc(C3CCCCC3)n2)c1. The van der Waals surface area contributed by atoms with Gasteiger partial charge in [-0.3, -0.25) is 0 Å². The molecule has 23 heavy (non-hydrogen) atoms. The molecular weight excluding hydrogens is 292 g/mol. The average molecular weight is 314 g/mol. The molecule has 0 unspecified atom stereocenters. The number of amides is 2. The van der Waals surface area contributed by atoms with Gasteiger partial charge >= 0.3 is 6.03 Å². The smallest absolute Gasteiger partial charge is 0.321 e. The summed E-state index contributed by atoms with van der Waals surface area (Å²) in [4.78, 5) is 17.8. The number of nitrogens with zero attached hydrogens (tertiary/aromatic N) is 3. The highest BCUT2D eigenvalue weighted by atomic mass is 16.5. The van der Waals surface area contributed by atoms with E-state index in [1.807, 2.05) is 24.3 Å². The van der Waals surface area contributed by atoms with Gasteiger partial charge in [0, 0.05) is 31.3 Å². The Hall–Kier alpha value is -2.37. The first-order valence-electron chi connectivity index (χ1n) is 8.06. The Balaban J connectivity index is 1.76. The van der Waals surface area contributed by atoms with E-state index >= 15 is 0 Å². The number of hydrogen-bond acceptors (Lipinski definition) is 4. The van der Waals surface area contributed by atoms with E-state index in [1.165, 1.54) is 24.2 Å². The quantitative estimate of drug-likeness (QED) is 0.933. The van der Waals surface area contributed by atoms with Gasteiger partial charge in [-0.25, -0.2) is 4.79 Å². The second kappa shape index (κ2) is 6.81. The molecule has 1 aliphatic carbocycles. The first-order chi connectivity index (χ1) is 11.1. The molecule has 0 atom stereocenters. The summed E-state index contributed by atoms with van der Waals surface area (Å²) in [5.41, 5.74) is 1.55. The summed E-state index contributed by atoms with van der Waals surface area (Å²) in [6.07, 6.45) is 6.01. The molecule has 1 aliphatic rings. The molecule has 1 heterocycles. The van der Waals surface area contributed by atoms with Crippen molar-refractivity contribution >= 4 is 11.7 Å². The number of carbonyl (C=O) groups is 1. The summed E-state index contributed by atoms with van der Waals surface area (Å²) in [6.45, 7) is 0. The van der Waals surface area contributed by atoms with E-state index in [1.54, 1.807) is 14.1 Å². The highest BCUT2D eigenvalue weighted by Crippen LogP contribution is 2.32. The standard InChI is InChI=1S/C17H22N4O2/c1-21(2)17(22)18-14-10-6-9-13(11-14)15-19-16(23-20-15)12-7-4-3-5-8-12/h6,9-12H,3-5,7-8H2,1-2H3,(H,18,22). The van der Waals surface area contributed by atoms with Crippen LogP contribution in [0.3, 0.4) is 0 Å². The lowest BCUT2D eigenvalue weighted by Gasteiger charge is -2.17. The third-order valence-corrected chi connectivity index (χ3v) is 4.17. The van der Waals surface area contributed by atoms with Gasteiger partial charge in [-0.15, -0.1) is 0 Å². The number of aromatic nitrogens is 2. The van der Waals surface area contributed by atoms with Crippen LogP contribution in [0.4, 0.5) is 10.5 Å². The summed E-state index contributed by atoms with van der Waals surface area (Å²) in [7, 11) is 3.41. The molecular formula is C17H22N4O2. The second-order valence-electron chi connectivity index (χ2n) is 6.20. The molecule has 1 N–H and O–H groups in total. The highest BCUT2D eigenvalue weighted by Gasteiger charge is 2.22. The summed E-state index contributed by atoms with van der Waals surface area (Å²) in [5.74, 6) is 1.70. The van der Waals surface area contributed by atoms with Gasteiger partial charge in [-0.1, -0.05) is 36.6 Å². The number of urea groups is 1. The minimum Gasteiger partial charge on any atom is -0.339 e. The Labute approximate surface area is 135 Å². The van der Waals surface area contributed by atoms with E-state index in [2.05, 4.69) is 15.5 Å². The van der Waals surface area contributed by atoms with E-state index in [9.17, 15) is 4.79 Å². The number of hydrogen-bond donors (Lipinski definition) is 1. The minimum absolute atomic E-state index is 0.168. The first-order valence-corrected chi connectivity index (χ1v) is 8.06. The van der Waals surface area contributed by atoms with Gasteiger partial charge in [-0.05, 0) is 25.0 Å². The van der Waals surface area contributed by atoms with E-state index in [-0.39, 0.29) is 6.03 Å². The van der Waals surface area contributed by atoms with Crippen molar-refractivity contribution < 1.29 is 9.32 Å². The molecule has 1 aromatic carbocycles. The molecule has 2 amide bonds. The van der Waals surface area contributed by atoms with Crippen molar-refractivity contribution in [2.75, 3.05) is 19.4 Å². The third-order valence-electron chi connectivity index (χ3n) is 4.17. The molecule has 3 rings (SSSR count). The van der Waals surface area contributed by atoms with E-state index in [0.717, 1.165) is 24.3 Å². The van der Waals surface area contributed by atoms with Crippen molar-refractivity contribution in [1.29, 1.82) is 0 Å². The Morgan fingerprint density at radius 2 is 2.04 bits per heavy atom. The van der Waals surface area contributed by atoms with Gasteiger partial charge in [0.2, 0.25) is 11.7 Å². The lowest BCUT2D eigenvalue weighted by Crippen LogP contribution is -2.27. The molecule has 1 saturated carbocycles. The molecule has 1 fully saturated rings. The normalized spacial score (nSPS) is 15.4. The fourth-order valence-corrected chi connectivity index (χ4v) is 2.84. The number of rotatable bonds is 3. The lowest BCUT2D eigenvalue weighted by molar-refractivity contribution is 0.230. The van der Waals surface area contributed by atoms with Crippen LogP contribution in [-0.2, 0) is 0 Å². The minimum atomic E-state index is -0.168. The molecule has 0 aliphatic heterocycles.